The Hall–Kier alpha value is -0.860. The van der Waals surface area contributed by atoms with Crippen molar-refractivity contribution < 1.29 is 17.9 Å². The molecule has 2 fully saturated rings. The van der Waals surface area contributed by atoms with E-state index >= 15 is 0 Å². The smallest absolute Gasteiger partial charge is 0.317 e. The lowest BCUT2D eigenvalue weighted by Crippen LogP contribution is -2.54. The first-order chi connectivity index (χ1) is 9.85. The van der Waals surface area contributed by atoms with Crippen molar-refractivity contribution in [3.05, 3.63) is 0 Å². The molecule has 7 nitrogen and oxygen atoms in total. The van der Waals surface area contributed by atoms with Crippen molar-refractivity contribution in [2.24, 2.45) is 0 Å². The third-order valence-corrected chi connectivity index (χ3v) is 4.72. The van der Waals surface area contributed by atoms with Crippen LogP contribution in [0.4, 0.5) is 4.79 Å². The highest BCUT2D eigenvalue weighted by Gasteiger charge is 2.28. The number of amides is 2. The maximum absolute atomic E-state index is 12.3. The average molecular weight is 319 g/mol. The molecule has 0 aromatic rings. The second-order valence-electron chi connectivity index (χ2n) is 5.96. The van der Waals surface area contributed by atoms with Gasteiger partial charge in [0.15, 0.2) is 0 Å². The highest BCUT2D eigenvalue weighted by atomic mass is 32.2. The minimum Gasteiger partial charge on any atom is -0.376 e. The largest absolute Gasteiger partial charge is 0.376 e. The summed E-state index contributed by atoms with van der Waals surface area (Å²) >= 11 is 0. The first kappa shape index (κ1) is 16.5. The molecule has 21 heavy (non-hydrogen) atoms. The summed E-state index contributed by atoms with van der Waals surface area (Å²) in [4.78, 5) is 13.9. The maximum atomic E-state index is 12.3. The molecule has 122 valence electrons. The SMILES string of the molecule is CC(NC(=O)N1CCCC(NS(C)(=O)=O)C1)C1CCCO1. The van der Waals surface area contributed by atoms with Gasteiger partial charge in [-0.25, -0.2) is 17.9 Å². The van der Waals surface area contributed by atoms with Crippen molar-refractivity contribution in [3.63, 3.8) is 0 Å². The van der Waals surface area contributed by atoms with Gasteiger partial charge in [-0.05, 0) is 32.6 Å². The second kappa shape index (κ2) is 6.93. The van der Waals surface area contributed by atoms with Crippen LogP contribution in [0.5, 0.6) is 0 Å². The summed E-state index contributed by atoms with van der Waals surface area (Å²) in [7, 11) is -3.24. The number of piperidine rings is 1. The van der Waals surface area contributed by atoms with E-state index in [0.717, 1.165) is 38.5 Å². The zero-order chi connectivity index (χ0) is 15.5. The molecule has 2 aliphatic heterocycles. The van der Waals surface area contributed by atoms with E-state index in [0.29, 0.717) is 13.1 Å². The molecule has 3 atom stereocenters. The topological polar surface area (TPSA) is 87.7 Å². The number of hydrogen-bond donors (Lipinski definition) is 2. The average Bonchev–Trinajstić information content (AvgIpc) is 2.90. The van der Waals surface area contributed by atoms with Crippen LogP contribution in [0.3, 0.4) is 0 Å². The molecule has 0 spiro atoms. The number of ether oxygens (including phenoxy) is 1. The number of likely N-dealkylation sites (tertiary alicyclic amines) is 1. The standard InChI is InChI=1S/C13H25N3O4S/c1-10(12-6-4-8-20-12)14-13(17)16-7-3-5-11(9-16)15-21(2,18)19/h10-12,15H,3-9H2,1-2H3,(H,14,17). The lowest BCUT2D eigenvalue weighted by atomic mass is 10.1. The van der Waals surface area contributed by atoms with Gasteiger partial charge in [0.25, 0.3) is 0 Å². The van der Waals surface area contributed by atoms with E-state index in [2.05, 4.69) is 10.0 Å². The van der Waals surface area contributed by atoms with E-state index in [4.69, 9.17) is 4.74 Å². The maximum Gasteiger partial charge on any atom is 0.317 e. The Labute approximate surface area is 126 Å². The van der Waals surface area contributed by atoms with Crippen molar-refractivity contribution in [2.45, 2.75) is 50.8 Å². The Kier molecular flexibility index (Phi) is 5.45. The van der Waals surface area contributed by atoms with Gasteiger partial charge in [-0.2, -0.15) is 0 Å². The minimum absolute atomic E-state index is 0.0248. The van der Waals surface area contributed by atoms with Crippen LogP contribution in [-0.2, 0) is 14.8 Å². The number of carbonyl (C=O) groups excluding carboxylic acids is 1. The number of nitrogens with one attached hydrogen (secondary N) is 2. The normalized spacial score (nSPS) is 28.4. The Morgan fingerprint density at radius 3 is 2.71 bits per heavy atom. The number of hydrogen-bond acceptors (Lipinski definition) is 4. The molecule has 2 heterocycles. The molecular weight excluding hydrogens is 294 g/mol. The predicted molar refractivity (Wildman–Crippen MR) is 79.5 cm³/mol. The predicted octanol–water partition coefficient (Wildman–Crippen LogP) is 0.277. The monoisotopic (exact) mass is 319 g/mol. The van der Waals surface area contributed by atoms with Crippen LogP contribution in [0.2, 0.25) is 0 Å². The molecule has 3 unspecified atom stereocenters. The Bertz CT molecular complexity index is 462. The van der Waals surface area contributed by atoms with Crippen LogP contribution in [0.15, 0.2) is 0 Å². The Balaban J connectivity index is 1.83. The van der Waals surface area contributed by atoms with Gasteiger partial charge in [0, 0.05) is 25.7 Å². The number of carbonyl (C=O) groups is 1. The summed E-state index contributed by atoms with van der Waals surface area (Å²) in [6.07, 6.45) is 4.80. The number of sulfonamides is 1. The van der Waals surface area contributed by atoms with Gasteiger partial charge >= 0.3 is 6.03 Å². The third-order valence-electron chi connectivity index (χ3n) is 3.96. The second-order valence-corrected chi connectivity index (χ2v) is 7.74. The molecule has 2 aliphatic rings. The molecule has 2 rings (SSSR count). The molecule has 2 amide bonds. The molecule has 0 aromatic heterocycles. The van der Waals surface area contributed by atoms with Crippen molar-refractivity contribution in [3.8, 4) is 0 Å². The van der Waals surface area contributed by atoms with Gasteiger partial charge in [0.05, 0.1) is 18.4 Å². The molecule has 2 N–H and O–H groups in total. The molecule has 0 aliphatic carbocycles. The summed E-state index contributed by atoms with van der Waals surface area (Å²) in [5.74, 6) is 0. The highest BCUT2D eigenvalue weighted by Crippen LogP contribution is 2.16. The van der Waals surface area contributed by atoms with Gasteiger partial charge in [-0.1, -0.05) is 0 Å². The Morgan fingerprint density at radius 2 is 2.10 bits per heavy atom. The summed E-state index contributed by atoms with van der Waals surface area (Å²) in [6, 6.07) is -0.362. The third kappa shape index (κ3) is 5.12. The number of urea groups is 1. The summed E-state index contributed by atoms with van der Waals surface area (Å²) < 4.78 is 30.7. The van der Waals surface area contributed by atoms with Crippen LogP contribution >= 0.6 is 0 Å². The van der Waals surface area contributed by atoms with Crippen molar-refractivity contribution in [1.29, 1.82) is 0 Å². The molecular formula is C13H25N3O4S. The van der Waals surface area contributed by atoms with Crippen LogP contribution in [0.25, 0.3) is 0 Å². The van der Waals surface area contributed by atoms with Crippen LogP contribution in [0, 0.1) is 0 Å². The van der Waals surface area contributed by atoms with Gasteiger partial charge in [-0.3, -0.25) is 0 Å². The summed E-state index contributed by atoms with van der Waals surface area (Å²) in [5, 5.41) is 2.96. The van der Waals surface area contributed by atoms with E-state index < -0.39 is 10.0 Å². The molecule has 0 radical (unpaired) electrons. The van der Waals surface area contributed by atoms with E-state index in [1.54, 1.807) is 4.90 Å². The molecule has 8 heteroatoms. The van der Waals surface area contributed by atoms with Gasteiger partial charge in [0.1, 0.15) is 0 Å². The van der Waals surface area contributed by atoms with Crippen molar-refractivity contribution >= 4 is 16.1 Å². The molecule has 0 aromatic carbocycles. The number of nitrogens with zero attached hydrogens (tertiary/aromatic N) is 1. The highest BCUT2D eigenvalue weighted by molar-refractivity contribution is 7.88. The number of rotatable bonds is 4. The zero-order valence-electron chi connectivity index (χ0n) is 12.7. The zero-order valence-corrected chi connectivity index (χ0v) is 13.5. The van der Waals surface area contributed by atoms with Gasteiger partial charge in [0.2, 0.25) is 10.0 Å². The van der Waals surface area contributed by atoms with Crippen LogP contribution in [-0.4, -0.2) is 63.5 Å². The molecule has 2 saturated heterocycles. The van der Waals surface area contributed by atoms with Crippen LogP contribution in [0.1, 0.15) is 32.6 Å². The quantitative estimate of drug-likeness (QED) is 0.779. The van der Waals surface area contributed by atoms with Gasteiger partial charge in [-0.15, -0.1) is 0 Å². The molecule has 0 saturated carbocycles. The first-order valence-corrected chi connectivity index (χ1v) is 9.38. The minimum atomic E-state index is -3.24. The van der Waals surface area contributed by atoms with E-state index in [1.165, 1.54) is 0 Å². The fourth-order valence-electron chi connectivity index (χ4n) is 2.94. The Morgan fingerprint density at radius 1 is 1.33 bits per heavy atom. The summed E-state index contributed by atoms with van der Waals surface area (Å²) in [6.45, 7) is 3.78. The fraction of sp³-hybridized carbons (Fsp3) is 0.923. The lowest BCUT2D eigenvalue weighted by Gasteiger charge is -2.34. The molecule has 0 bridgehead atoms. The van der Waals surface area contributed by atoms with Crippen molar-refractivity contribution in [1.82, 2.24) is 14.9 Å². The van der Waals surface area contributed by atoms with Crippen molar-refractivity contribution in [2.75, 3.05) is 26.0 Å². The fourth-order valence-corrected chi connectivity index (χ4v) is 3.73. The van der Waals surface area contributed by atoms with Gasteiger partial charge < -0.3 is 15.0 Å². The van der Waals surface area contributed by atoms with E-state index in [-0.39, 0.29) is 24.2 Å². The van der Waals surface area contributed by atoms with E-state index in [9.17, 15) is 13.2 Å². The lowest BCUT2D eigenvalue weighted by molar-refractivity contribution is 0.0822. The summed E-state index contributed by atoms with van der Waals surface area (Å²) in [5.41, 5.74) is 0. The first-order valence-electron chi connectivity index (χ1n) is 7.49. The van der Waals surface area contributed by atoms with Crippen LogP contribution < -0.4 is 10.0 Å². The van der Waals surface area contributed by atoms with E-state index in [1.807, 2.05) is 6.92 Å².